The van der Waals surface area contributed by atoms with Gasteiger partial charge in [0.25, 0.3) is 12.0 Å². The molecular formula is C17H21F2N3O2. The third kappa shape index (κ3) is 3.71. The molecule has 1 aliphatic heterocycles. The first-order chi connectivity index (χ1) is 11.5. The number of hydrogen-bond acceptors (Lipinski definition) is 3. The van der Waals surface area contributed by atoms with Gasteiger partial charge in [0.05, 0.1) is 6.33 Å². The lowest BCUT2D eigenvalue weighted by molar-refractivity contribution is -0.136. The lowest BCUT2D eigenvalue weighted by Crippen LogP contribution is -2.42. The Kier molecular flexibility index (Phi) is 5.06. The number of aromatic nitrogens is 2. The second-order valence-corrected chi connectivity index (χ2v) is 6.51. The molecule has 1 saturated heterocycles. The zero-order chi connectivity index (χ0) is 17.1. The van der Waals surface area contributed by atoms with Gasteiger partial charge in [-0.05, 0) is 31.6 Å². The molecule has 0 spiro atoms. The molecule has 1 aromatic rings. The van der Waals surface area contributed by atoms with Gasteiger partial charge in [-0.3, -0.25) is 14.2 Å². The number of amides is 1. The van der Waals surface area contributed by atoms with Gasteiger partial charge in [-0.15, -0.1) is 0 Å². The Balaban J connectivity index is 1.54. The molecule has 2 heterocycles. The van der Waals surface area contributed by atoms with Crippen LogP contribution in [0.4, 0.5) is 8.78 Å². The third-order valence-corrected chi connectivity index (χ3v) is 4.86. The zero-order valence-electron chi connectivity index (χ0n) is 13.4. The van der Waals surface area contributed by atoms with Crippen LogP contribution in [0.25, 0.3) is 0 Å². The lowest BCUT2D eigenvalue weighted by Gasteiger charge is -2.33. The van der Waals surface area contributed by atoms with Crippen molar-refractivity contribution in [3.8, 4) is 0 Å². The van der Waals surface area contributed by atoms with Crippen LogP contribution in [0.1, 0.15) is 37.8 Å². The predicted octanol–water partition coefficient (Wildman–Crippen LogP) is 2.39. The Morgan fingerprint density at radius 3 is 2.50 bits per heavy atom. The number of hydrogen-bond donors (Lipinski definition) is 0. The Morgan fingerprint density at radius 2 is 1.92 bits per heavy atom. The zero-order valence-corrected chi connectivity index (χ0v) is 13.4. The number of carbonyl (C=O) groups excluding carboxylic acids is 1. The summed E-state index contributed by atoms with van der Waals surface area (Å²) in [6.07, 6.45) is 5.86. The SMILES string of the molecule is O=C(C1CC=CC1)N1CCC(Cn2cnc(C(F)F)cc2=O)CC1. The standard InChI is InChI=1S/C17H21F2N3O2/c18-16(19)14-9-15(23)22(11-20-14)10-12-5-7-21(8-6-12)17(24)13-3-1-2-4-13/h1-2,9,11-13,16H,3-8,10H2. The highest BCUT2D eigenvalue weighted by Gasteiger charge is 2.28. The molecule has 2 aliphatic rings. The van der Waals surface area contributed by atoms with Gasteiger partial charge in [0, 0.05) is 31.6 Å². The highest BCUT2D eigenvalue weighted by molar-refractivity contribution is 5.79. The fourth-order valence-corrected chi connectivity index (χ4v) is 3.39. The van der Waals surface area contributed by atoms with Crippen LogP contribution in [0, 0.1) is 11.8 Å². The van der Waals surface area contributed by atoms with Gasteiger partial charge in [0.2, 0.25) is 5.91 Å². The molecule has 7 heteroatoms. The molecule has 1 amide bonds. The summed E-state index contributed by atoms with van der Waals surface area (Å²) in [5.41, 5.74) is -0.933. The molecule has 5 nitrogen and oxygen atoms in total. The van der Waals surface area contributed by atoms with Gasteiger partial charge >= 0.3 is 0 Å². The van der Waals surface area contributed by atoms with E-state index >= 15 is 0 Å². The fourth-order valence-electron chi connectivity index (χ4n) is 3.39. The van der Waals surface area contributed by atoms with Gasteiger partial charge in [-0.2, -0.15) is 0 Å². The van der Waals surface area contributed by atoms with Crippen molar-refractivity contribution in [1.29, 1.82) is 0 Å². The summed E-state index contributed by atoms with van der Waals surface area (Å²) in [7, 11) is 0. The molecule has 0 atom stereocenters. The number of carbonyl (C=O) groups is 1. The van der Waals surface area contributed by atoms with E-state index in [2.05, 4.69) is 17.1 Å². The maximum atomic E-state index is 12.5. The van der Waals surface area contributed by atoms with E-state index in [4.69, 9.17) is 0 Å². The molecule has 1 fully saturated rings. The number of halogens is 2. The van der Waals surface area contributed by atoms with Crippen LogP contribution in [0.3, 0.4) is 0 Å². The van der Waals surface area contributed by atoms with Crippen LogP contribution in [0.2, 0.25) is 0 Å². The lowest BCUT2D eigenvalue weighted by atomic mass is 9.95. The van der Waals surface area contributed by atoms with E-state index in [0.29, 0.717) is 19.6 Å². The fraction of sp³-hybridized carbons (Fsp3) is 0.588. The first-order valence-corrected chi connectivity index (χ1v) is 8.33. The van der Waals surface area contributed by atoms with E-state index in [1.807, 2.05) is 4.90 Å². The molecular weight excluding hydrogens is 316 g/mol. The number of allylic oxidation sites excluding steroid dienone is 2. The van der Waals surface area contributed by atoms with Gasteiger partial charge in [-0.25, -0.2) is 13.8 Å². The summed E-state index contributed by atoms with van der Waals surface area (Å²) < 4.78 is 26.4. The van der Waals surface area contributed by atoms with E-state index < -0.39 is 17.7 Å². The van der Waals surface area contributed by atoms with Crippen molar-refractivity contribution < 1.29 is 13.6 Å². The molecule has 1 aromatic heterocycles. The molecule has 0 aromatic carbocycles. The first-order valence-electron chi connectivity index (χ1n) is 8.33. The average molecular weight is 337 g/mol. The van der Waals surface area contributed by atoms with Crippen LogP contribution in [-0.2, 0) is 11.3 Å². The van der Waals surface area contributed by atoms with Crippen LogP contribution >= 0.6 is 0 Å². The van der Waals surface area contributed by atoms with Gasteiger partial charge in [-0.1, -0.05) is 12.2 Å². The van der Waals surface area contributed by atoms with Gasteiger partial charge in [0.15, 0.2) is 0 Å². The van der Waals surface area contributed by atoms with Crippen LogP contribution in [0.5, 0.6) is 0 Å². The maximum absolute atomic E-state index is 12.5. The van der Waals surface area contributed by atoms with Crippen molar-refractivity contribution in [2.75, 3.05) is 13.1 Å². The largest absolute Gasteiger partial charge is 0.342 e. The molecule has 0 radical (unpaired) electrons. The van der Waals surface area contributed by atoms with Crippen LogP contribution in [-0.4, -0.2) is 33.4 Å². The second-order valence-electron chi connectivity index (χ2n) is 6.51. The number of alkyl halides is 2. The van der Waals surface area contributed by atoms with Crippen molar-refractivity contribution in [1.82, 2.24) is 14.5 Å². The smallest absolute Gasteiger partial charge is 0.280 e. The Bertz CT molecular complexity index is 671. The van der Waals surface area contributed by atoms with E-state index in [0.717, 1.165) is 31.7 Å². The summed E-state index contributed by atoms with van der Waals surface area (Å²) >= 11 is 0. The van der Waals surface area contributed by atoms with Crippen LogP contribution < -0.4 is 5.56 Å². The Labute approximate surface area is 139 Å². The summed E-state index contributed by atoms with van der Waals surface area (Å²) in [6, 6.07) is 0.899. The summed E-state index contributed by atoms with van der Waals surface area (Å²) in [5.74, 6) is 0.571. The average Bonchev–Trinajstić information content (AvgIpc) is 3.11. The van der Waals surface area contributed by atoms with Crippen molar-refractivity contribution >= 4 is 5.91 Å². The summed E-state index contributed by atoms with van der Waals surface area (Å²) in [6.45, 7) is 1.84. The van der Waals surface area contributed by atoms with Crippen molar-refractivity contribution in [3.05, 3.63) is 40.6 Å². The second kappa shape index (κ2) is 7.23. The summed E-state index contributed by atoms with van der Waals surface area (Å²) in [4.78, 5) is 29.8. The third-order valence-electron chi connectivity index (χ3n) is 4.86. The van der Waals surface area contributed by atoms with Gasteiger partial charge < -0.3 is 4.90 Å². The Hall–Kier alpha value is -2.05. The number of piperidine rings is 1. The topological polar surface area (TPSA) is 55.2 Å². The highest BCUT2D eigenvalue weighted by Crippen LogP contribution is 2.25. The Morgan fingerprint density at radius 1 is 1.25 bits per heavy atom. The highest BCUT2D eigenvalue weighted by atomic mass is 19.3. The predicted molar refractivity (Wildman–Crippen MR) is 84.6 cm³/mol. The molecule has 3 rings (SSSR count). The van der Waals surface area contributed by atoms with Crippen LogP contribution in [0.15, 0.2) is 29.3 Å². The van der Waals surface area contributed by atoms with Gasteiger partial charge in [0.1, 0.15) is 5.69 Å². The minimum atomic E-state index is -2.73. The van der Waals surface area contributed by atoms with E-state index in [-0.39, 0.29) is 17.7 Å². The minimum absolute atomic E-state index is 0.0928. The normalized spacial score (nSPS) is 19.4. The summed E-state index contributed by atoms with van der Waals surface area (Å²) in [5, 5.41) is 0. The minimum Gasteiger partial charge on any atom is -0.342 e. The number of rotatable bonds is 4. The maximum Gasteiger partial charge on any atom is 0.280 e. The monoisotopic (exact) mass is 337 g/mol. The quantitative estimate of drug-likeness (QED) is 0.793. The molecule has 130 valence electrons. The van der Waals surface area contributed by atoms with E-state index in [9.17, 15) is 18.4 Å². The van der Waals surface area contributed by atoms with E-state index in [1.165, 1.54) is 10.9 Å². The first kappa shape index (κ1) is 16.8. The molecule has 24 heavy (non-hydrogen) atoms. The molecule has 1 aliphatic carbocycles. The van der Waals surface area contributed by atoms with Crippen molar-refractivity contribution in [3.63, 3.8) is 0 Å². The molecule has 0 N–H and O–H groups in total. The number of nitrogens with zero attached hydrogens (tertiary/aromatic N) is 3. The number of likely N-dealkylation sites (tertiary alicyclic amines) is 1. The van der Waals surface area contributed by atoms with E-state index in [1.54, 1.807) is 0 Å². The van der Waals surface area contributed by atoms with Crippen molar-refractivity contribution in [2.45, 2.75) is 38.7 Å². The molecule has 0 unspecified atom stereocenters. The molecule has 0 bridgehead atoms. The van der Waals surface area contributed by atoms with Crippen molar-refractivity contribution in [2.24, 2.45) is 11.8 Å². The molecule has 0 saturated carbocycles.